The Bertz CT molecular complexity index is 885. The van der Waals surface area contributed by atoms with Crippen LogP contribution in [0.25, 0.3) is 0 Å². The summed E-state index contributed by atoms with van der Waals surface area (Å²) in [7, 11) is 4.29. The van der Waals surface area contributed by atoms with Gasteiger partial charge in [0.15, 0.2) is 17.6 Å². The van der Waals surface area contributed by atoms with Crippen LogP contribution in [0.1, 0.15) is 27.6 Å². The fraction of sp³-hybridized carbons (Fsp3) is 0.250. The quantitative estimate of drug-likeness (QED) is 0.647. The number of nitrogens with two attached hydrogens (primary N) is 1. The van der Waals surface area contributed by atoms with Gasteiger partial charge in [-0.1, -0.05) is 0 Å². The molecule has 0 saturated heterocycles. The Kier molecular flexibility index (Phi) is 7.02. The maximum atomic E-state index is 12.5. The highest BCUT2D eigenvalue weighted by Crippen LogP contribution is 2.38. The molecule has 0 aliphatic carbocycles. The van der Waals surface area contributed by atoms with Gasteiger partial charge in [-0.2, -0.15) is 0 Å². The lowest BCUT2D eigenvalue weighted by Gasteiger charge is -2.16. The predicted octanol–water partition coefficient (Wildman–Crippen LogP) is 2.00. The van der Waals surface area contributed by atoms with Gasteiger partial charge in [0.05, 0.1) is 26.9 Å². The van der Waals surface area contributed by atoms with Gasteiger partial charge in [-0.3, -0.25) is 9.59 Å². The summed E-state index contributed by atoms with van der Waals surface area (Å²) in [4.78, 5) is 35.8. The molecule has 0 radical (unpaired) electrons. The first kappa shape index (κ1) is 21.5. The Morgan fingerprint density at radius 2 is 1.45 bits per heavy atom. The van der Waals surface area contributed by atoms with E-state index in [0.717, 1.165) is 0 Å². The number of hydrogen-bond donors (Lipinski definition) is 2. The SMILES string of the molecule is COc1cc(C(=O)O[C@H](C)C(=O)Nc2ccc(C(N)=O)cc2)cc(OC)c1OC. The second-order valence-corrected chi connectivity index (χ2v) is 5.89. The van der Waals surface area contributed by atoms with Crippen molar-refractivity contribution >= 4 is 23.5 Å². The molecule has 1 atom stereocenters. The Morgan fingerprint density at radius 1 is 0.897 bits per heavy atom. The summed E-state index contributed by atoms with van der Waals surface area (Å²) in [5, 5.41) is 2.59. The smallest absolute Gasteiger partial charge is 0.339 e. The highest BCUT2D eigenvalue weighted by Gasteiger charge is 2.22. The van der Waals surface area contributed by atoms with Crippen molar-refractivity contribution in [2.24, 2.45) is 5.73 Å². The minimum absolute atomic E-state index is 0.130. The minimum Gasteiger partial charge on any atom is -0.493 e. The number of carbonyl (C=O) groups excluding carboxylic acids is 3. The molecule has 154 valence electrons. The second-order valence-electron chi connectivity index (χ2n) is 5.89. The fourth-order valence-corrected chi connectivity index (χ4v) is 2.44. The molecule has 0 aliphatic heterocycles. The first-order valence-electron chi connectivity index (χ1n) is 8.52. The number of primary amides is 1. The van der Waals surface area contributed by atoms with Gasteiger partial charge < -0.3 is 30.0 Å². The maximum absolute atomic E-state index is 12.5. The van der Waals surface area contributed by atoms with Crippen LogP contribution in [0.5, 0.6) is 17.2 Å². The van der Waals surface area contributed by atoms with Gasteiger partial charge >= 0.3 is 5.97 Å². The Labute approximate surface area is 167 Å². The molecule has 0 spiro atoms. The molecule has 9 nitrogen and oxygen atoms in total. The molecular formula is C20H22N2O7. The van der Waals surface area contributed by atoms with Crippen LogP contribution < -0.4 is 25.3 Å². The third kappa shape index (κ3) is 5.16. The number of methoxy groups -OCH3 is 3. The molecule has 0 aromatic heterocycles. The van der Waals surface area contributed by atoms with Crippen LogP contribution in [0.4, 0.5) is 5.69 Å². The zero-order valence-electron chi connectivity index (χ0n) is 16.5. The van der Waals surface area contributed by atoms with Crippen molar-refractivity contribution in [3.8, 4) is 17.2 Å². The number of nitrogens with one attached hydrogen (secondary N) is 1. The van der Waals surface area contributed by atoms with E-state index in [-0.39, 0.29) is 17.1 Å². The topological polar surface area (TPSA) is 126 Å². The molecular weight excluding hydrogens is 380 g/mol. The average Bonchev–Trinajstić information content (AvgIpc) is 2.72. The molecule has 0 heterocycles. The van der Waals surface area contributed by atoms with E-state index in [2.05, 4.69) is 5.32 Å². The van der Waals surface area contributed by atoms with Crippen LogP contribution in [0.15, 0.2) is 36.4 Å². The van der Waals surface area contributed by atoms with E-state index in [1.165, 1.54) is 64.7 Å². The van der Waals surface area contributed by atoms with Crippen molar-refractivity contribution in [2.75, 3.05) is 26.6 Å². The second kappa shape index (κ2) is 9.45. The molecule has 0 fully saturated rings. The van der Waals surface area contributed by atoms with Crippen LogP contribution >= 0.6 is 0 Å². The number of carbonyl (C=O) groups is 3. The van der Waals surface area contributed by atoms with E-state index in [9.17, 15) is 14.4 Å². The first-order valence-corrected chi connectivity index (χ1v) is 8.52. The monoisotopic (exact) mass is 402 g/mol. The molecule has 0 unspecified atom stereocenters. The zero-order chi connectivity index (χ0) is 21.6. The summed E-state index contributed by atoms with van der Waals surface area (Å²) in [6.07, 6.45) is -1.09. The molecule has 2 rings (SSSR count). The lowest BCUT2D eigenvalue weighted by Crippen LogP contribution is -2.30. The molecule has 2 aromatic carbocycles. The van der Waals surface area contributed by atoms with E-state index >= 15 is 0 Å². The van der Waals surface area contributed by atoms with E-state index in [4.69, 9.17) is 24.7 Å². The summed E-state index contributed by atoms with van der Waals surface area (Å²) < 4.78 is 20.8. The van der Waals surface area contributed by atoms with Crippen LogP contribution in [0.2, 0.25) is 0 Å². The van der Waals surface area contributed by atoms with Crippen molar-refractivity contribution in [1.29, 1.82) is 0 Å². The van der Waals surface area contributed by atoms with Crippen LogP contribution in [0, 0.1) is 0 Å². The van der Waals surface area contributed by atoms with Gasteiger partial charge in [0.2, 0.25) is 11.7 Å². The van der Waals surface area contributed by atoms with Crippen molar-refractivity contribution in [2.45, 2.75) is 13.0 Å². The molecule has 9 heteroatoms. The standard InChI is InChI=1S/C20H22N2O7/c1-11(19(24)22-14-7-5-12(6-8-14)18(21)23)29-20(25)13-9-15(26-2)17(28-4)16(10-13)27-3/h5-11H,1-4H3,(H2,21,23)(H,22,24)/t11-/m1/s1. The molecule has 29 heavy (non-hydrogen) atoms. The minimum atomic E-state index is -1.09. The normalized spacial score (nSPS) is 11.2. The fourth-order valence-electron chi connectivity index (χ4n) is 2.44. The Balaban J connectivity index is 2.09. The Morgan fingerprint density at radius 3 is 1.90 bits per heavy atom. The summed E-state index contributed by atoms with van der Waals surface area (Å²) in [6.45, 7) is 1.43. The number of benzene rings is 2. The predicted molar refractivity (Wildman–Crippen MR) is 105 cm³/mol. The van der Waals surface area contributed by atoms with Crippen LogP contribution in [-0.4, -0.2) is 45.2 Å². The van der Waals surface area contributed by atoms with E-state index in [0.29, 0.717) is 17.0 Å². The van der Waals surface area contributed by atoms with Crippen molar-refractivity contribution in [1.82, 2.24) is 0 Å². The van der Waals surface area contributed by atoms with E-state index in [1.54, 1.807) is 0 Å². The molecule has 0 bridgehead atoms. The van der Waals surface area contributed by atoms with Gasteiger partial charge in [-0.25, -0.2) is 4.79 Å². The highest BCUT2D eigenvalue weighted by atomic mass is 16.5. The van der Waals surface area contributed by atoms with Gasteiger partial charge in [0, 0.05) is 11.3 Å². The molecule has 0 saturated carbocycles. The zero-order valence-corrected chi connectivity index (χ0v) is 16.5. The van der Waals surface area contributed by atoms with Gasteiger partial charge in [0.25, 0.3) is 5.91 Å². The average molecular weight is 402 g/mol. The summed E-state index contributed by atoms with van der Waals surface area (Å²) in [5.41, 5.74) is 6.04. The third-order valence-electron chi connectivity index (χ3n) is 3.99. The number of rotatable bonds is 8. The summed E-state index contributed by atoms with van der Waals surface area (Å²) in [5.74, 6) is -0.961. The van der Waals surface area contributed by atoms with Crippen LogP contribution in [-0.2, 0) is 9.53 Å². The van der Waals surface area contributed by atoms with Gasteiger partial charge in [-0.05, 0) is 43.3 Å². The van der Waals surface area contributed by atoms with E-state index < -0.39 is 23.9 Å². The molecule has 0 aliphatic rings. The van der Waals surface area contributed by atoms with E-state index in [1.807, 2.05) is 0 Å². The third-order valence-corrected chi connectivity index (χ3v) is 3.99. The number of hydrogen-bond acceptors (Lipinski definition) is 7. The lowest BCUT2D eigenvalue weighted by molar-refractivity contribution is -0.123. The summed E-state index contributed by atoms with van der Waals surface area (Å²) in [6, 6.07) is 8.85. The van der Waals surface area contributed by atoms with Crippen molar-refractivity contribution < 1.29 is 33.3 Å². The molecule has 2 amide bonds. The van der Waals surface area contributed by atoms with Crippen molar-refractivity contribution in [3.05, 3.63) is 47.5 Å². The van der Waals surface area contributed by atoms with Crippen LogP contribution in [0.3, 0.4) is 0 Å². The molecule has 3 N–H and O–H groups in total. The van der Waals surface area contributed by atoms with Gasteiger partial charge in [0.1, 0.15) is 0 Å². The number of ether oxygens (including phenoxy) is 4. The largest absolute Gasteiger partial charge is 0.493 e. The lowest BCUT2D eigenvalue weighted by atomic mass is 10.1. The highest BCUT2D eigenvalue weighted by molar-refractivity contribution is 5.98. The van der Waals surface area contributed by atoms with Crippen molar-refractivity contribution in [3.63, 3.8) is 0 Å². The number of anilines is 1. The number of esters is 1. The summed E-state index contributed by atoms with van der Waals surface area (Å²) >= 11 is 0. The van der Waals surface area contributed by atoms with Gasteiger partial charge in [-0.15, -0.1) is 0 Å². The number of amides is 2. The first-order chi connectivity index (χ1) is 13.8. The molecule has 2 aromatic rings. The Hall–Kier alpha value is -3.75. The maximum Gasteiger partial charge on any atom is 0.339 e.